The van der Waals surface area contributed by atoms with Gasteiger partial charge in [0.2, 0.25) is 0 Å². The molecule has 0 saturated carbocycles. The molecule has 0 spiro atoms. The van der Waals surface area contributed by atoms with Crippen molar-refractivity contribution in [3.63, 3.8) is 0 Å². The Hall–Kier alpha value is -2.05. The molecule has 0 bridgehead atoms. The molecule has 0 radical (unpaired) electrons. The van der Waals surface area contributed by atoms with Gasteiger partial charge in [-0.1, -0.05) is 6.92 Å². The number of carboxylic acids is 1. The molecule has 0 unspecified atom stereocenters. The van der Waals surface area contributed by atoms with Gasteiger partial charge >= 0.3 is 12.0 Å². The number of imidazole rings is 1. The first-order valence-electron chi connectivity index (χ1n) is 7.21. The van der Waals surface area contributed by atoms with Crippen LogP contribution in [0.1, 0.15) is 32.0 Å². The number of hydrogen-bond donors (Lipinski definition) is 2. The summed E-state index contributed by atoms with van der Waals surface area (Å²) in [6.07, 6.45) is 5.13. The predicted molar refractivity (Wildman–Crippen MR) is 76.6 cm³/mol. The zero-order valence-corrected chi connectivity index (χ0v) is 12.5. The summed E-state index contributed by atoms with van der Waals surface area (Å²) in [5, 5.41) is 12.2. The van der Waals surface area contributed by atoms with Gasteiger partial charge in [-0.3, -0.25) is 4.79 Å². The summed E-state index contributed by atoms with van der Waals surface area (Å²) in [7, 11) is 1.87. The minimum Gasteiger partial charge on any atom is -0.481 e. The number of nitrogens with one attached hydrogen (secondary N) is 1. The van der Waals surface area contributed by atoms with Crippen LogP contribution in [0.25, 0.3) is 0 Å². The summed E-state index contributed by atoms with van der Waals surface area (Å²) in [6, 6.07) is -0.159. The number of piperidine rings is 1. The van der Waals surface area contributed by atoms with Crippen molar-refractivity contribution in [2.24, 2.45) is 12.5 Å². The molecule has 1 aromatic rings. The summed E-state index contributed by atoms with van der Waals surface area (Å²) < 4.78 is 1.85. The van der Waals surface area contributed by atoms with E-state index in [-0.39, 0.29) is 6.03 Å². The van der Waals surface area contributed by atoms with Gasteiger partial charge in [0.15, 0.2) is 0 Å². The number of aromatic nitrogens is 2. The summed E-state index contributed by atoms with van der Waals surface area (Å²) in [5.41, 5.74) is -0.670. The predicted octanol–water partition coefficient (Wildman–Crippen LogP) is 1.21. The zero-order chi connectivity index (χ0) is 15.5. The van der Waals surface area contributed by atoms with E-state index in [1.54, 1.807) is 11.1 Å². The van der Waals surface area contributed by atoms with Crippen molar-refractivity contribution >= 4 is 12.0 Å². The van der Waals surface area contributed by atoms with Crippen LogP contribution in [-0.4, -0.2) is 44.6 Å². The van der Waals surface area contributed by atoms with Gasteiger partial charge < -0.3 is 19.9 Å². The molecule has 1 aliphatic heterocycles. The fraction of sp³-hybridized carbons (Fsp3) is 0.643. The molecule has 1 saturated heterocycles. The molecule has 2 heterocycles. The number of aryl methyl sites for hydroxylation is 1. The van der Waals surface area contributed by atoms with Crippen molar-refractivity contribution in [3.8, 4) is 0 Å². The van der Waals surface area contributed by atoms with E-state index in [2.05, 4.69) is 10.3 Å². The number of carbonyl (C=O) groups is 2. The number of amides is 2. The lowest BCUT2D eigenvalue weighted by molar-refractivity contribution is -0.151. The van der Waals surface area contributed by atoms with E-state index >= 15 is 0 Å². The fourth-order valence-electron chi connectivity index (χ4n) is 2.69. The van der Waals surface area contributed by atoms with Crippen LogP contribution in [0.4, 0.5) is 4.79 Å². The topological polar surface area (TPSA) is 87.5 Å². The maximum atomic E-state index is 12.1. The van der Waals surface area contributed by atoms with Crippen LogP contribution in [0.5, 0.6) is 0 Å². The quantitative estimate of drug-likeness (QED) is 0.873. The molecule has 21 heavy (non-hydrogen) atoms. The Morgan fingerprint density at radius 3 is 2.57 bits per heavy atom. The highest BCUT2D eigenvalue weighted by Gasteiger charge is 2.40. The number of nitrogens with zero attached hydrogens (tertiary/aromatic N) is 3. The summed E-state index contributed by atoms with van der Waals surface area (Å²) in [4.78, 5) is 29.3. The number of carboxylic acid groups (broad SMARTS) is 1. The van der Waals surface area contributed by atoms with Crippen molar-refractivity contribution in [3.05, 3.63) is 18.2 Å². The Labute approximate surface area is 124 Å². The van der Waals surface area contributed by atoms with Crippen LogP contribution >= 0.6 is 0 Å². The van der Waals surface area contributed by atoms with Crippen molar-refractivity contribution in [1.82, 2.24) is 19.8 Å². The Morgan fingerprint density at radius 2 is 2.10 bits per heavy atom. The number of aliphatic carboxylic acids is 1. The van der Waals surface area contributed by atoms with E-state index in [0.717, 1.165) is 5.82 Å². The number of hydrogen-bond acceptors (Lipinski definition) is 3. The summed E-state index contributed by atoms with van der Waals surface area (Å²) in [5.74, 6) is 0.0341. The van der Waals surface area contributed by atoms with E-state index in [9.17, 15) is 14.7 Å². The Bertz CT molecular complexity index is 518. The van der Waals surface area contributed by atoms with Gasteiger partial charge in [0.05, 0.1) is 12.0 Å². The first-order chi connectivity index (χ1) is 9.98. The molecule has 0 aromatic carbocycles. The van der Waals surface area contributed by atoms with Crippen LogP contribution < -0.4 is 5.32 Å². The molecular formula is C14H22N4O3. The van der Waals surface area contributed by atoms with Gasteiger partial charge in [0.25, 0.3) is 0 Å². The average molecular weight is 294 g/mol. The zero-order valence-electron chi connectivity index (χ0n) is 12.5. The largest absolute Gasteiger partial charge is 0.481 e. The van der Waals surface area contributed by atoms with Gasteiger partial charge in [0.1, 0.15) is 5.82 Å². The molecule has 7 heteroatoms. The molecule has 1 aromatic heterocycles. The molecule has 2 N–H and O–H groups in total. The standard InChI is InChI=1S/C14H22N4O3/c1-3-14(12(19)20)4-7-18(8-5-14)13(21)16-10-11-15-6-9-17(11)2/h6,9H,3-5,7-8,10H2,1-2H3,(H,16,21)(H,19,20). The number of urea groups is 1. The first kappa shape index (κ1) is 15.3. The smallest absolute Gasteiger partial charge is 0.317 e. The highest BCUT2D eigenvalue weighted by atomic mass is 16.4. The SMILES string of the molecule is CCC1(C(=O)O)CCN(C(=O)NCc2nccn2C)CC1. The highest BCUT2D eigenvalue weighted by Crippen LogP contribution is 2.35. The van der Waals surface area contributed by atoms with Crippen LogP contribution in [-0.2, 0) is 18.4 Å². The van der Waals surface area contributed by atoms with E-state index in [1.807, 2.05) is 24.7 Å². The van der Waals surface area contributed by atoms with Crippen molar-refractivity contribution in [2.75, 3.05) is 13.1 Å². The normalized spacial score (nSPS) is 17.5. The minimum atomic E-state index is -0.752. The molecule has 0 aliphatic carbocycles. The van der Waals surface area contributed by atoms with E-state index < -0.39 is 11.4 Å². The van der Waals surface area contributed by atoms with Crippen LogP contribution in [0.15, 0.2) is 12.4 Å². The Kier molecular flexibility index (Phi) is 4.50. The van der Waals surface area contributed by atoms with Gasteiger partial charge in [-0.2, -0.15) is 0 Å². The Balaban J connectivity index is 1.86. The fourth-order valence-corrected chi connectivity index (χ4v) is 2.69. The molecule has 2 amide bonds. The third-order valence-corrected chi connectivity index (χ3v) is 4.46. The molecule has 1 fully saturated rings. The second kappa shape index (κ2) is 6.15. The van der Waals surface area contributed by atoms with Gasteiger partial charge in [-0.25, -0.2) is 9.78 Å². The van der Waals surface area contributed by atoms with Crippen molar-refractivity contribution < 1.29 is 14.7 Å². The average Bonchev–Trinajstić information content (AvgIpc) is 2.90. The van der Waals surface area contributed by atoms with Crippen molar-refractivity contribution in [2.45, 2.75) is 32.7 Å². The first-order valence-corrected chi connectivity index (χ1v) is 7.21. The second-order valence-corrected chi connectivity index (χ2v) is 5.54. The third kappa shape index (κ3) is 3.17. The lowest BCUT2D eigenvalue weighted by atomic mass is 9.76. The number of likely N-dealkylation sites (tertiary alicyclic amines) is 1. The van der Waals surface area contributed by atoms with Crippen molar-refractivity contribution in [1.29, 1.82) is 0 Å². The summed E-state index contributed by atoms with van der Waals surface area (Å²) >= 11 is 0. The second-order valence-electron chi connectivity index (χ2n) is 5.54. The summed E-state index contributed by atoms with van der Waals surface area (Å²) in [6.45, 7) is 3.22. The monoisotopic (exact) mass is 294 g/mol. The molecule has 116 valence electrons. The van der Waals surface area contributed by atoms with E-state index in [1.165, 1.54) is 0 Å². The number of carbonyl (C=O) groups excluding carboxylic acids is 1. The Morgan fingerprint density at radius 1 is 1.43 bits per heavy atom. The van der Waals surface area contributed by atoms with E-state index in [4.69, 9.17) is 0 Å². The molecule has 0 atom stereocenters. The van der Waals surface area contributed by atoms with Crippen LogP contribution in [0.2, 0.25) is 0 Å². The van der Waals surface area contributed by atoms with Gasteiger partial charge in [-0.15, -0.1) is 0 Å². The molecule has 7 nitrogen and oxygen atoms in total. The number of rotatable bonds is 4. The van der Waals surface area contributed by atoms with Crippen LogP contribution in [0, 0.1) is 5.41 Å². The molecule has 2 rings (SSSR count). The lowest BCUT2D eigenvalue weighted by Crippen LogP contribution is -2.49. The maximum absolute atomic E-state index is 12.1. The van der Waals surface area contributed by atoms with Gasteiger partial charge in [-0.05, 0) is 19.3 Å². The van der Waals surface area contributed by atoms with Crippen LogP contribution in [0.3, 0.4) is 0 Å². The van der Waals surface area contributed by atoms with E-state index in [0.29, 0.717) is 38.9 Å². The van der Waals surface area contributed by atoms with Gasteiger partial charge in [0, 0.05) is 32.5 Å². The molecular weight excluding hydrogens is 272 g/mol. The maximum Gasteiger partial charge on any atom is 0.317 e. The minimum absolute atomic E-state index is 0.159. The highest BCUT2D eigenvalue weighted by molar-refractivity contribution is 5.77. The lowest BCUT2D eigenvalue weighted by Gasteiger charge is -2.38. The molecule has 1 aliphatic rings. The third-order valence-electron chi connectivity index (χ3n) is 4.46.